The van der Waals surface area contributed by atoms with Gasteiger partial charge in [-0.1, -0.05) is 6.07 Å². The van der Waals surface area contributed by atoms with Gasteiger partial charge in [0.25, 0.3) is 0 Å². The van der Waals surface area contributed by atoms with Crippen LogP contribution in [0.4, 0.5) is 14.5 Å². The molecule has 4 heteroatoms. The molecule has 1 unspecified atom stereocenters. The predicted octanol–water partition coefficient (Wildman–Crippen LogP) is 3.53. The van der Waals surface area contributed by atoms with Crippen LogP contribution < -0.4 is 5.32 Å². The third-order valence-electron chi connectivity index (χ3n) is 2.47. The molecule has 17 heavy (non-hydrogen) atoms. The SMILES string of the molecule is CC(Nc1cccnc1)c1ccc(F)cc1F. The summed E-state index contributed by atoms with van der Waals surface area (Å²) >= 11 is 0. The van der Waals surface area contributed by atoms with Gasteiger partial charge in [-0.05, 0) is 25.1 Å². The minimum atomic E-state index is -0.570. The first-order valence-corrected chi connectivity index (χ1v) is 5.28. The van der Waals surface area contributed by atoms with Gasteiger partial charge in [0, 0.05) is 24.0 Å². The van der Waals surface area contributed by atoms with Crippen molar-refractivity contribution in [2.24, 2.45) is 0 Å². The predicted molar refractivity (Wildman–Crippen MR) is 62.6 cm³/mol. The van der Waals surface area contributed by atoms with Crippen molar-refractivity contribution in [3.63, 3.8) is 0 Å². The summed E-state index contributed by atoms with van der Waals surface area (Å²) in [7, 11) is 0. The van der Waals surface area contributed by atoms with E-state index in [0.29, 0.717) is 5.56 Å². The summed E-state index contributed by atoms with van der Waals surface area (Å²) in [5, 5.41) is 3.09. The Bertz CT molecular complexity index is 500. The average Bonchev–Trinajstić information content (AvgIpc) is 2.30. The normalized spacial score (nSPS) is 12.2. The summed E-state index contributed by atoms with van der Waals surface area (Å²) in [5.41, 5.74) is 1.22. The highest BCUT2D eigenvalue weighted by molar-refractivity contribution is 5.42. The van der Waals surface area contributed by atoms with E-state index in [1.54, 1.807) is 18.5 Å². The van der Waals surface area contributed by atoms with Crippen LogP contribution in [-0.2, 0) is 0 Å². The number of aromatic nitrogens is 1. The molecule has 0 radical (unpaired) electrons. The number of benzene rings is 1. The van der Waals surface area contributed by atoms with Crippen LogP contribution in [0.25, 0.3) is 0 Å². The number of hydrogen-bond acceptors (Lipinski definition) is 2. The number of halogens is 2. The quantitative estimate of drug-likeness (QED) is 0.878. The molecule has 1 aromatic heterocycles. The van der Waals surface area contributed by atoms with Crippen molar-refractivity contribution in [2.75, 3.05) is 5.32 Å². The minimum absolute atomic E-state index is 0.250. The van der Waals surface area contributed by atoms with Crippen LogP contribution in [0.2, 0.25) is 0 Å². The average molecular weight is 234 g/mol. The highest BCUT2D eigenvalue weighted by Gasteiger charge is 2.11. The summed E-state index contributed by atoms with van der Waals surface area (Å²) < 4.78 is 26.3. The maximum absolute atomic E-state index is 13.5. The molecule has 0 aliphatic heterocycles. The van der Waals surface area contributed by atoms with Gasteiger partial charge in [0.05, 0.1) is 11.7 Å². The number of anilines is 1. The van der Waals surface area contributed by atoms with Crippen molar-refractivity contribution in [1.82, 2.24) is 4.98 Å². The molecule has 88 valence electrons. The summed E-state index contributed by atoms with van der Waals surface area (Å²) in [6.07, 6.45) is 3.31. The molecule has 0 saturated heterocycles. The number of nitrogens with zero attached hydrogens (tertiary/aromatic N) is 1. The molecule has 0 saturated carbocycles. The van der Waals surface area contributed by atoms with E-state index in [-0.39, 0.29) is 6.04 Å². The Balaban J connectivity index is 2.17. The van der Waals surface area contributed by atoms with E-state index in [1.807, 2.05) is 13.0 Å². The lowest BCUT2D eigenvalue weighted by atomic mass is 10.1. The van der Waals surface area contributed by atoms with E-state index in [0.717, 1.165) is 11.8 Å². The van der Waals surface area contributed by atoms with Gasteiger partial charge in [-0.3, -0.25) is 4.98 Å². The zero-order valence-electron chi connectivity index (χ0n) is 9.32. The fourth-order valence-electron chi connectivity index (χ4n) is 1.63. The number of rotatable bonds is 3. The molecule has 1 heterocycles. The molecule has 2 rings (SSSR count). The second kappa shape index (κ2) is 4.91. The molecule has 1 N–H and O–H groups in total. The van der Waals surface area contributed by atoms with Crippen LogP contribution in [0.5, 0.6) is 0 Å². The van der Waals surface area contributed by atoms with Crippen molar-refractivity contribution >= 4 is 5.69 Å². The lowest BCUT2D eigenvalue weighted by Crippen LogP contribution is -2.08. The fourth-order valence-corrected chi connectivity index (χ4v) is 1.63. The standard InChI is InChI=1S/C13H12F2N2/c1-9(17-11-3-2-6-16-8-11)12-5-4-10(14)7-13(12)15/h2-9,17H,1H3. The van der Waals surface area contributed by atoms with Crippen molar-refractivity contribution in [3.05, 3.63) is 59.9 Å². The van der Waals surface area contributed by atoms with E-state index >= 15 is 0 Å². The number of hydrogen-bond donors (Lipinski definition) is 1. The van der Waals surface area contributed by atoms with Gasteiger partial charge >= 0.3 is 0 Å². The Morgan fingerprint density at radius 3 is 2.71 bits per heavy atom. The highest BCUT2D eigenvalue weighted by Crippen LogP contribution is 2.21. The summed E-state index contributed by atoms with van der Waals surface area (Å²) in [6, 6.07) is 6.95. The topological polar surface area (TPSA) is 24.9 Å². The van der Waals surface area contributed by atoms with Crippen LogP contribution in [0.15, 0.2) is 42.7 Å². The van der Waals surface area contributed by atoms with E-state index in [4.69, 9.17) is 0 Å². The fraction of sp³-hybridized carbons (Fsp3) is 0.154. The Morgan fingerprint density at radius 2 is 2.06 bits per heavy atom. The summed E-state index contributed by atoms with van der Waals surface area (Å²) in [4.78, 5) is 3.95. The first-order valence-electron chi connectivity index (χ1n) is 5.28. The zero-order valence-corrected chi connectivity index (χ0v) is 9.32. The molecule has 0 aliphatic carbocycles. The molecule has 0 aliphatic rings. The van der Waals surface area contributed by atoms with E-state index in [1.165, 1.54) is 12.1 Å². The second-order valence-electron chi connectivity index (χ2n) is 3.77. The van der Waals surface area contributed by atoms with E-state index in [9.17, 15) is 8.78 Å². The van der Waals surface area contributed by atoms with E-state index in [2.05, 4.69) is 10.3 Å². The molecule has 2 aromatic rings. The third-order valence-corrected chi connectivity index (χ3v) is 2.47. The lowest BCUT2D eigenvalue weighted by Gasteiger charge is -2.16. The maximum Gasteiger partial charge on any atom is 0.131 e. The van der Waals surface area contributed by atoms with Crippen molar-refractivity contribution in [3.8, 4) is 0 Å². The van der Waals surface area contributed by atoms with Gasteiger partial charge in [-0.25, -0.2) is 8.78 Å². The van der Waals surface area contributed by atoms with E-state index < -0.39 is 11.6 Å². The molecular formula is C13H12F2N2. The van der Waals surface area contributed by atoms with Crippen LogP contribution >= 0.6 is 0 Å². The van der Waals surface area contributed by atoms with Gasteiger partial charge in [0.15, 0.2) is 0 Å². The van der Waals surface area contributed by atoms with Gasteiger partial charge in [0.2, 0.25) is 0 Å². The Labute approximate surface area is 98.3 Å². The van der Waals surface area contributed by atoms with Crippen LogP contribution in [0.3, 0.4) is 0 Å². The zero-order chi connectivity index (χ0) is 12.3. The molecule has 0 fully saturated rings. The van der Waals surface area contributed by atoms with Gasteiger partial charge in [-0.2, -0.15) is 0 Å². The molecule has 0 spiro atoms. The van der Waals surface area contributed by atoms with Crippen molar-refractivity contribution in [2.45, 2.75) is 13.0 Å². The number of pyridine rings is 1. The van der Waals surface area contributed by atoms with Gasteiger partial charge in [-0.15, -0.1) is 0 Å². The Morgan fingerprint density at radius 1 is 1.24 bits per heavy atom. The number of nitrogens with one attached hydrogen (secondary N) is 1. The van der Waals surface area contributed by atoms with Crippen LogP contribution in [-0.4, -0.2) is 4.98 Å². The molecule has 0 bridgehead atoms. The monoisotopic (exact) mass is 234 g/mol. The molecule has 2 nitrogen and oxygen atoms in total. The van der Waals surface area contributed by atoms with Crippen molar-refractivity contribution < 1.29 is 8.78 Å². The molecular weight excluding hydrogens is 222 g/mol. The van der Waals surface area contributed by atoms with Crippen LogP contribution in [0.1, 0.15) is 18.5 Å². The van der Waals surface area contributed by atoms with Crippen molar-refractivity contribution in [1.29, 1.82) is 0 Å². The Hall–Kier alpha value is -1.97. The summed E-state index contributed by atoms with van der Waals surface area (Å²) in [6.45, 7) is 1.81. The second-order valence-corrected chi connectivity index (χ2v) is 3.77. The smallest absolute Gasteiger partial charge is 0.131 e. The largest absolute Gasteiger partial charge is 0.377 e. The maximum atomic E-state index is 13.5. The molecule has 0 amide bonds. The lowest BCUT2D eigenvalue weighted by molar-refractivity contribution is 0.566. The molecule has 1 aromatic carbocycles. The minimum Gasteiger partial charge on any atom is -0.377 e. The highest BCUT2D eigenvalue weighted by atomic mass is 19.1. The molecule has 1 atom stereocenters. The Kier molecular flexibility index (Phi) is 3.32. The third kappa shape index (κ3) is 2.78. The van der Waals surface area contributed by atoms with Gasteiger partial charge < -0.3 is 5.32 Å². The summed E-state index contributed by atoms with van der Waals surface area (Å²) in [5.74, 6) is -1.12. The first kappa shape index (κ1) is 11.5. The van der Waals surface area contributed by atoms with Gasteiger partial charge in [0.1, 0.15) is 11.6 Å². The first-order chi connectivity index (χ1) is 8.16. The van der Waals surface area contributed by atoms with Crippen LogP contribution in [0, 0.1) is 11.6 Å².